The first-order valence-electron chi connectivity index (χ1n) is 6.60. The van der Waals surface area contributed by atoms with Gasteiger partial charge >= 0.3 is 0 Å². The second-order valence-corrected chi connectivity index (χ2v) is 7.39. The van der Waals surface area contributed by atoms with Crippen molar-refractivity contribution in [1.29, 1.82) is 0 Å². The number of hydrogen-bond acceptors (Lipinski definition) is 5. The SMILES string of the molecule is C[C@@H](N)C(=O)Nc1ccc(F)c(N2CCS(=O)(=O)CC2)c1. The van der Waals surface area contributed by atoms with Crippen molar-refractivity contribution >= 4 is 27.1 Å². The molecule has 8 heteroatoms. The minimum absolute atomic E-state index is 0.00284. The maximum atomic E-state index is 13.9. The van der Waals surface area contributed by atoms with Crippen molar-refractivity contribution in [3.63, 3.8) is 0 Å². The molecular formula is C13H18FN3O3S. The van der Waals surface area contributed by atoms with Gasteiger partial charge in [-0.3, -0.25) is 4.79 Å². The zero-order valence-corrected chi connectivity index (χ0v) is 12.5. The molecule has 116 valence electrons. The fourth-order valence-corrected chi connectivity index (χ4v) is 3.24. The lowest BCUT2D eigenvalue weighted by Crippen LogP contribution is -2.40. The third kappa shape index (κ3) is 3.92. The van der Waals surface area contributed by atoms with Crippen molar-refractivity contribution in [2.45, 2.75) is 13.0 Å². The molecule has 6 nitrogen and oxygen atoms in total. The third-order valence-electron chi connectivity index (χ3n) is 3.31. The summed E-state index contributed by atoms with van der Waals surface area (Å²) in [6.07, 6.45) is 0. The van der Waals surface area contributed by atoms with Gasteiger partial charge in [-0.15, -0.1) is 0 Å². The number of carbonyl (C=O) groups is 1. The molecule has 2 rings (SSSR count). The van der Waals surface area contributed by atoms with E-state index in [0.717, 1.165) is 0 Å². The Kier molecular flexibility index (Phi) is 4.48. The molecule has 0 aliphatic carbocycles. The zero-order chi connectivity index (χ0) is 15.6. The van der Waals surface area contributed by atoms with E-state index >= 15 is 0 Å². The summed E-state index contributed by atoms with van der Waals surface area (Å²) >= 11 is 0. The van der Waals surface area contributed by atoms with Crippen LogP contribution in [0.25, 0.3) is 0 Å². The molecule has 0 unspecified atom stereocenters. The maximum absolute atomic E-state index is 13.9. The topological polar surface area (TPSA) is 92.5 Å². The maximum Gasteiger partial charge on any atom is 0.240 e. The highest BCUT2D eigenvalue weighted by Gasteiger charge is 2.23. The minimum atomic E-state index is -3.03. The molecule has 1 saturated heterocycles. The van der Waals surface area contributed by atoms with Crippen molar-refractivity contribution in [2.75, 3.05) is 34.8 Å². The number of rotatable bonds is 3. The molecule has 1 aliphatic rings. The Morgan fingerprint density at radius 3 is 2.57 bits per heavy atom. The molecule has 0 radical (unpaired) electrons. The molecule has 0 saturated carbocycles. The second-order valence-electron chi connectivity index (χ2n) is 5.08. The van der Waals surface area contributed by atoms with Crippen LogP contribution >= 0.6 is 0 Å². The number of amides is 1. The molecule has 1 amide bonds. The van der Waals surface area contributed by atoms with Crippen molar-refractivity contribution in [3.8, 4) is 0 Å². The van der Waals surface area contributed by atoms with Gasteiger partial charge < -0.3 is 16.0 Å². The second kappa shape index (κ2) is 5.98. The summed E-state index contributed by atoms with van der Waals surface area (Å²) in [6.45, 7) is 2.03. The molecule has 1 aromatic rings. The van der Waals surface area contributed by atoms with E-state index in [9.17, 15) is 17.6 Å². The van der Waals surface area contributed by atoms with Crippen LogP contribution in [-0.2, 0) is 14.6 Å². The van der Waals surface area contributed by atoms with Crippen LogP contribution in [0.4, 0.5) is 15.8 Å². The summed E-state index contributed by atoms with van der Waals surface area (Å²) in [7, 11) is -3.03. The molecule has 1 heterocycles. The van der Waals surface area contributed by atoms with Crippen LogP contribution in [-0.4, -0.2) is 45.0 Å². The van der Waals surface area contributed by atoms with E-state index in [1.165, 1.54) is 18.2 Å². The number of carbonyl (C=O) groups excluding carboxylic acids is 1. The highest BCUT2D eigenvalue weighted by molar-refractivity contribution is 7.91. The molecule has 0 bridgehead atoms. The summed E-state index contributed by atoms with van der Waals surface area (Å²) in [5, 5.41) is 2.59. The Morgan fingerprint density at radius 1 is 1.38 bits per heavy atom. The van der Waals surface area contributed by atoms with E-state index in [-0.39, 0.29) is 36.2 Å². The van der Waals surface area contributed by atoms with Crippen LogP contribution in [0.15, 0.2) is 18.2 Å². The number of sulfone groups is 1. The quantitative estimate of drug-likeness (QED) is 0.839. The lowest BCUT2D eigenvalue weighted by molar-refractivity contribution is -0.117. The Morgan fingerprint density at radius 2 is 2.00 bits per heavy atom. The summed E-state index contributed by atoms with van der Waals surface area (Å²) < 4.78 is 36.7. The Bertz CT molecular complexity index is 632. The van der Waals surface area contributed by atoms with E-state index in [2.05, 4.69) is 5.32 Å². The summed E-state index contributed by atoms with van der Waals surface area (Å²) in [4.78, 5) is 13.2. The lowest BCUT2D eigenvalue weighted by Gasteiger charge is -2.29. The summed E-state index contributed by atoms with van der Waals surface area (Å²) in [6, 6.07) is 3.52. The van der Waals surface area contributed by atoms with Crippen molar-refractivity contribution in [1.82, 2.24) is 0 Å². The molecule has 0 spiro atoms. The van der Waals surface area contributed by atoms with Crippen LogP contribution < -0.4 is 16.0 Å². The van der Waals surface area contributed by atoms with Gasteiger partial charge in [0, 0.05) is 18.8 Å². The normalized spacial score (nSPS) is 19.1. The van der Waals surface area contributed by atoms with Crippen LogP contribution in [0.1, 0.15) is 6.92 Å². The lowest BCUT2D eigenvalue weighted by atomic mass is 10.2. The predicted octanol–water partition coefficient (Wildman–Crippen LogP) is 0.346. The number of halogens is 1. The smallest absolute Gasteiger partial charge is 0.240 e. The highest BCUT2D eigenvalue weighted by atomic mass is 32.2. The van der Waals surface area contributed by atoms with Gasteiger partial charge in [0.15, 0.2) is 9.84 Å². The molecule has 1 aromatic carbocycles. The summed E-state index contributed by atoms with van der Waals surface area (Å²) in [5.74, 6) is -0.812. The van der Waals surface area contributed by atoms with Crippen LogP contribution in [0.3, 0.4) is 0 Å². The van der Waals surface area contributed by atoms with Gasteiger partial charge in [-0.25, -0.2) is 12.8 Å². The highest BCUT2D eigenvalue weighted by Crippen LogP contribution is 2.25. The van der Waals surface area contributed by atoms with Crippen molar-refractivity contribution in [3.05, 3.63) is 24.0 Å². The predicted molar refractivity (Wildman–Crippen MR) is 79.5 cm³/mol. The number of hydrogen-bond donors (Lipinski definition) is 2. The number of nitrogens with one attached hydrogen (secondary N) is 1. The Balaban J connectivity index is 2.18. The number of benzene rings is 1. The molecule has 0 aromatic heterocycles. The Labute approximate surface area is 123 Å². The van der Waals surface area contributed by atoms with Gasteiger partial charge in [-0.2, -0.15) is 0 Å². The first-order valence-corrected chi connectivity index (χ1v) is 8.42. The Hall–Kier alpha value is -1.67. The zero-order valence-electron chi connectivity index (χ0n) is 11.7. The molecular weight excluding hydrogens is 297 g/mol. The van der Waals surface area contributed by atoms with Gasteiger partial charge in [-0.05, 0) is 25.1 Å². The number of anilines is 2. The molecule has 3 N–H and O–H groups in total. The number of nitrogens with zero attached hydrogens (tertiary/aromatic N) is 1. The van der Waals surface area contributed by atoms with E-state index in [0.29, 0.717) is 5.69 Å². The van der Waals surface area contributed by atoms with Crippen LogP contribution in [0, 0.1) is 5.82 Å². The largest absolute Gasteiger partial charge is 0.367 e. The van der Waals surface area contributed by atoms with E-state index < -0.39 is 21.7 Å². The number of nitrogens with two attached hydrogens (primary N) is 1. The molecule has 1 fully saturated rings. The van der Waals surface area contributed by atoms with E-state index in [4.69, 9.17) is 5.73 Å². The molecule has 21 heavy (non-hydrogen) atoms. The van der Waals surface area contributed by atoms with Gasteiger partial charge in [0.25, 0.3) is 0 Å². The third-order valence-corrected chi connectivity index (χ3v) is 4.92. The average Bonchev–Trinajstić information content (AvgIpc) is 2.41. The van der Waals surface area contributed by atoms with Gasteiger partial charge in [0.05, 0.1) is 23.2 Å². The van der Waals surface area contributed by atoms with Gasteiger partial charge in [-0.1, -0.05) is 0 Å². The molecule has 1 aliphatic heterocycles. The van der Waals surface area contributed by atoms with Crippen LogP contribution in [0.2, 0.25) is 0 Å². The van der Waals surface area contributed by atoms with E-state index in [1.54, 1.807) is 11.8 Å². The summed E-state index contributed by atoms with van der Waals surface area (Å²) in [5.41, 5.74) is 6.18. The fourth-order valence-electron chi connectivity index (χ4n) is 2.04. The van der Waals surface area contributed by atoms with Gasteiger partial charge in [0.1, 0.15) is 5.82 Å². The van der Waals surface area contributed by atoms with Gasteiger partial charge in [0.2, 0.25) is 5.91 Å². The molecule has 1 atom stereocenters. The first-order chi connectivity index (χ1) is 9.78. The minimum Gasteiger partial charge on any atom is -0.367 e. The first kappa shape index (κ1) is 15.7. The van der Waals surface area contributed by atoms with Crippen LogP contribution in [0.5, 0.6) is 0 Å². The average molecular weight is 315 g/mol. The fraction of sp³-hybridized carbons (Fsp3) is 0.462. The standard InChI is InChI=1S/C13H18FN3O3S/c1-9(15)13(18)16-10-2-3-11(14)12(8-10)17-4-6-21(19,20)7-5-17/h2-3,8-9H,4-7,15H2,1H3,(H,16,18)/t9-/m1/s1. The van der Waals surface area contributed by atoms with E-state index in [1.807, 2.05) is 0 Å². The monoisotopic (exact) mass is 315 g/mol. The van der Waals surface area contributed by atoms with Crippen molar-refractivity contribution < 1.29 is 17.6 Å². The van der Waals surface area contributed by atoms with Crippen molar-refractivity contribution in [2.24, 2.45) is 5.73 Å².